The van der Waals surface area contributed by atoms with Gasteiger partial charge in [-0.1, -0.05) is 6.92 Å². The fourth-order valence-electron chi connectivity index (χ4n) is 2.30. The van der Waals surface area contributed by atoms with Crippen LogP contribution < -0.4 is 10.9 Å². The number of hydrogen-bond donors (Lipinski definition) is 2. The van der Waals surface area contributed by atoms with Gasteiger partial charge in [0.15, 0.2) is 0 Å². The molecule has 1 aliphatic rings. The first-order valence-electron chi connectivity index (χ1n) is 6.81. The maximum atomic E-state index is 11.9. The Morgan fingerprint density at radius 1 is 1.50 bits per heavy atom. The highest BCUT2D eigenvalue weighted by Crippen LogP contribution is 2.11. The minimum absolute atomic E-state index is 0.108. The molecule has 1 aliphatic heterocycles. The zero-order valence-electron chi connectivity index (χ0n) is 11.5. The molecule has 2 heterocycles. The Balaban J connectivity index is 1.83. The molecule has 20 heavy (non-hydrogen) atoms. The predicted molar refractivity (Wildman–Crippen MR) is 74.4 cm³/mol. The Bertz CT molecular complexity index is 553. The van der Waals surface area contributed by atoms with Crippen LogP contribution in [0.2, 0.25) is 0 Å². The van der Waals surface area contributed by atoms with Gasteiger partial charge in [0.25, 0.3) is 11.5 Å². The molecule has 0 aromatic carbocycles. The van der Waals surface area contributed by atoms with E-state index in [1.807, 2.05) is 11.8 Å². The highest BCUT2D eigenvalue weighted by molar-refractivity contribution is 5.93. The lowest BCUT2D eigenvalue weighted by molar-refractivity contribution is -0.128. The van der Waals surface area contributed by atoms with Gasteiger partial charge in [0.1, 0.15) is 5.56 Å². The van der Waals surface area contributed by atoms with Crippen LogP contribution in [0.3, 0.4) is 0 Å². The minimum atomic E-state index is -0.396. The molecule has 108 valence electrons. The van der Waals surface area contributed by atoms with E-state index in [1.54, 1.807) is 6.07 Å². The van der Waals surface area contributed by atoms with Gasteiger partial charge in [-0.25, -0.2) is 0 Å². The Kier molecular flexibility index (Phi) is 4.55. The molecule has 1 saturated heterocycles. The largest absolute Gasteiger partial charge is 0.352 e. The first kappa shape index (κ1) is 14.3. The van der Waals surface area contributed by atoms with Crippen molar-refractivity contribution in [2.45, 2.75) is 19.8 Å². The Morgan fingerprint density at radius 2 is 2.30 bits per heavy atom. The van der Waals surface area contributed by atoms with Crippen LogP contribution >= 0.6 is 0 Å². The summed E-state index contributed by atoms with van der Waals surface area (Å²) in [6.45, 7) is 3.86. The molecule has 0 saturated carbocycles. The highest BCUT2D eigenvalue weighted by Gasteiger charge is 2.22. The molecule has 0 bridgehead atoms. The van der Waals surface area contributed by atoms with E-state index in [1.165, 1.54) is 12.3 Å². The summed E-state index contributed by atoms with van der Waals surface area (Å²) in [6, 6.07) is 3.10. The van der Waals surface area contributed by atoms with Crippen molar-refractivity contribution >= 4 is 11.8 Å². The molecule has 6 nitrogen and oxygen atoms in total. The number of nitrogens with one attached hydrogen (secondary N) is 2. The highest BCUT2D eigenvalue weighted by atomic mass is 16.2. The standard InChI is InChI=1S/C14H19N3O3/c1-10(9-17-7-3-5-12(17)18)8-16-14(20)11-4-2-6-15-13(11)19/h2,4,6,10H,3,5,7-9H2,1H3,(H,15,19)(H,16,20)/t10-/m0/s1. The van der Waals surface area contributed by atoms with Crippen molar-refractivity contribution in [2.75, 3.05) is 19.6 Å². The number of rotatable bonds is 5. The van der Waals surface area contributed by atoms with Gasteiger partial charge in [-0.15, -0.1) is 0 Å². The summed E-state index contributed by atoms with van der Waals surface area (Å²) in [4.78, 5) is 39.1. The van der Waals surface area contributed by atoms with Crippen LogP contribution in [0.1, 0.15) is 30.1 Å². The van der Waals surface area contributed by atoms with Crippen LogP contribution in [0, 0.1) is 5.92 Å². The van der Waals surface area contributed by atoms with Crippen LogP contribution in [0.15, 0.2) is 23.1 Å². The van der Waals surface area contributed by atoms with Gasteiger partial charge in [-0.3, -0.25) is 14.4 Å². The van der Waals surface area contributed by atoms with E-state index >= 15 is 0 Å². The van der Waals surface area contributed by atoms with E-state index in [2.05, 4.69) is 10.3 Å². The number of amides is 2. The quantitative estimate of drug-likeness (QED) is 0.815. The fourth-order valence-corrected chi connectivity index (χ4v) is 2.30. The molecule has 1 fully saturated rings. The van der Waals surface area contributed by atoms with E-state index in [0.717, 1.165) is 13.0 Å². The number of aromatic nitrogens is 1. The molecule has 0 spiro atoms. The predicted octanol–water partition coefficient (Wildman–Crippen LogP) is 0.363. The van der Waals surface area contributed by atoms with Gasteiger partial charge in [0.2, 0.25) is 5.91 Å². The lowest BCUT2D eigenvalue weighted by Crippen LogP contribution is -2.37. The van der Waals surface area contributed by atoms with Crippen molar-refractivity contribution in [3.63, 3.8) is 0 Å². The number of carbonyl (C=O) groups is 2. The third kappa shape index (κ3) is 3.46. The zero-order valence-corrected chi connectivity index (χ0v) is 11.5. The number of nitrogens with zero attached hydrogens (tertiary/aromatic N) is 1. The lowest BCUT2D eigenvalue weighted by atomic mass is 10.1. The van der Waals surface area contributed by atoms with Crippen molar-refractivity contribution in [1.82, 2.24) is 15.2 Å². The van der Waals surface area contributed by atoms with Gasteiger partial charge in [0.05, 0.1) is 0 Å². The van der Waals surface area contributed by atoms with E-state index < -0.39 is 5.56 Å². The lowest BCUT2D eigenvalue weighted by Gasteiger charge is -2.20. The van der Waals surface area contributed by atoms with Gasteiger partial charge in [-0.05, 0) is 24.5 Å². The second-order valence-electron chi connectivity index (χ2n) is 5.17. The minimum Gasteiger partial charge on any atom is -0.352 e. The molecule has 6 heteroatoms. The molecule has 0 aliphatic carbocycles. The molecular formula is C14H19N3O3. The summed E-state index contributed by atoms with van der Waals surface area (Å²) in [6.07, 6.45) is 3.02. The van der Waals surface area contributed by atoms with Gasteiger partial charge >= 0.3 is 0 Å². The molecule has 2 N–H and O–H groups in total. The molecule has 1 aromatic rings. The normalized spacial score (nSPS) is 16.2. The van der Waals surface area contributed by atoms with Crippen LogP contribution in [-0.2, 0) is 4.79 Å². The fraction of sp³-hybridized carbons (Fsp3) is 0.500. The van der Waals surface area contributed by atoms with Crippen LogP contribution in [0.4, 0.5) is 0 Å². The van der Waals surface area contributed by atoms with Crippen molar-refractivity contribution in [2.24, 2.45) is 5.92 Å². The molecule has 2 amide bonds. The summed E-state index contributed by atoms with van der Waals surface area (Å²) in [7, 11) is 0. The number of likely N-dealkylation sites (tertiary alicyclic amines) is 1. The van der Waals surface area contributed by atoms with Crippen molar-refractivity contribution < 1.29 is 9.59 Å². The van der Waals surface area contributed by atoms with E-state index in [0.29, 0.717) is 19.5 Å². The van der Waals surface area contributed by atoms with Crippen molar-refractivity contribution in [3.05, 3.63) is 34.2 Å². The third-order valence-corrected chi connectivity index (χ3v) is 3.38. The van der Waals surface area contributed by atoms with Crippen LogP contribution in [-0.4, -0.2) is 41.3 Å². The number of hydrogen-bond acceptors (Lipinski definition) is 3. The average Bonchev–Trinajstić information content (AvgIpc) is 2.82. The molecule has 2 rings (SSSR count). The summed E-state index contributed by atoms with van der Waals surface area (Å²) in [5.41, 5.74) is -0.288. The molecule has 1 atom stereocenters. The summed E-state index contributed by atoms with van der Waals surface area (Å²) in [5, 5.41) is 2.73. The Morgan fingerprint density at radius 3 is 2.95 bits per heavy atom. The van der Waals surface area contributed by atoms with Gasteiger partial charge in [0, 0.05) is 32.3 Å². The summed E-state index contributed by atoms with van der Waals surface area (Å²) < 4.78 is 0. The summed E-state index contributed by atoms with van der Waals surface area (Å²) >= 11 is 0. The van der Waals surface area contributed by atoms with Crippen molar-refractivity contribution in [3.8, 4) is 0 Å². The Labute approximate surface area is 117 Å². The number of carbonyl (C=O) groups excluding carboxylic acids is 2. The molecule has 1 aromatic heterocycles. The maximum Gasteiger partial charge on any atom is 0.260 e. The second-order valence-corrected chi connectivity index (χ2v) is 5.17. The smallest absolute Gasteiger partial charge is 0.260 e. The maximum absolute atomic E-state index is 11.9. The average molecular weight is 277 g/mol. The Hall–Kier alpha value is -2.11. The molecule has 0 unspecified atom stereocenters. The monoisotopic (exact) mass is 277 g/mol. The van der Waals surface area contributed by atoms with Crippen molar-refractivity contribution in [1.29, 1.82) is 0 Å². The molecule has 0 radical (unpaired) electrons. The van der Waals surface area contributed by atoms with E-state index in [4.69, 9.17) is 0 Å². The van der Waals surface area contributed by atoms with Gasteiger partial charge in [-0.2, -0.15) is 0 Å². The van der Waals surface area contributed by atoms with Gasteiger partial charge < -0.3 is 15.2 Å². The van der Waals surface area contributed by atoms with Crippen LogP contribution in [0.25, 0.3) is 0 Å². The number of aromatic amines is 1. The SMILES string of the molecule is C[C@@H](CNC(=O)c1ccc[nH]c1=O)CN1CCCC1=O. The zero-order chi connectivity index (χ0) is 14.5. The summed E-state index contributed by atoms with van der Waals surface area (Å²) in [5.74, 6) is -0.0436. The first-order valence-corrected chi connectivity index (χ1v) is 6.81. The van der Waals surface area contributed by atoms with Crippen LogP contribution in [0.5, 0.6) is 0 Å². The second kappa shape index (κ2) is 6.36. The number of pyridine rings is 1. The van der Waals surface area contributed by atoms with E-state index in [-0.39, 0.29) is 23.3 Å². The third-order valence-electron chi connectivity index (χ3n) is 3.38. The molecular weight excluding hydrogens is 258 g/mol. The number of H-pyrrole nitrogens is 1. The first-order chi connectivity index (χ1) is 9.58. The topological polar surface area (TPSA) is 82.3 Å². The van der Waals surface area contributed by atoms with E-state index in [9.17, 15) is 14.4 Å².